The molecule has 0 saturated heterocycles. The Balaban J connectivity index is 2.75. The number of likely N-dealkylation sites (N-methyl/N-ethyl adjacent to an activating group) is 1. The van der Waals surface area contributed by atoms with Crippen LogP contribution in [0.3, 0.4) is 0 Å². The summed E-state index contributed by atoms with van der Waals surface area (Å²) in [5.74, 6) is -0.00882. The van der Waals surface area contributed by atoms with Crippen LogP contribution in [0.5, 0.6) is 0 Å². The molecule has 2 atom stereocenters. The highest BCUT2D eigenvalue weighted by Crippen LogP contribution is 2.20. The van der Waals surface area contributed by atoms with Crippen molar-refractivity contribution >= 4 is 17.5 Å². The van der Waals surface area contributed by atoms with E-state index in [1.165, 1.54) is 0 Å². The molecule has 1 rings (SSSR count). The summed E-state index contributed by atoms with van der Waals surface area (Å²) < 4.78 is 0. The lowest BCUT2D eigenvalue weighted by molar-refractivity contribution is -0.122. The third-order valence-electron chi connectivity index (χ3n) is 2.75. The minimum absolute atomic E-state index is 0.00882. The summed E-state index contributed by atoms with van der Waals surface area (Å²) in [6, 6.07) is 7.64. The summed E-state index contributed by atoms with van der Waals surface area (Å²) in [7, 11) is 1.64. The van der Waals surface area contributed by atoms with E-state index in [1.807, 2.05) is 31.2 Å². The van der Waals surface area contributed by atoms with Crippen LogP contribution in [0.25, 0.3) is 0 Å². The van der Waals surface area contributed by atoms with Gasteiger partial charge in [-0.1, -0.05) is 30.7 Å². The normalized spacial score (nSPS) is 14.1. The molecule has 94 valence electrons. The first kappa shape index (κ1) is 14.0. The number of rotatable bonds is 5. The van der Waals surface area contributed by atoms with Crippen LogP contribution in [-0.2, 0) is 4.79 Å². The molecule has 17 heavy (non-hydrogen) atoms. The molecule has 3 nitrogen and oxygen atoms in total. The minimum Gasteiger partial charge on any atom is -0.358 e. The molecule has 0 spiro atoms. The lowest BCUT2D eigenvalue weighted by atomic mass is 10.0. The molecule has 0 bridgehead atoms. The molecule has 0 aliphatic rings. The van der Waals surface area contributed by atoms with E-state index in [-0.39, 0.29) is 18.0 Å². The number of halogens is 1. The fraction of sp³-hybridized carbons (Fsp3) is 0.462. The van der Waals surface area contributed by atoms with Gasteiger partial charge in [-0.05, 0) is 31.0 Å². The van der Waals surface area contributed by atoms with Crippen molar-refractivity contribution in [1.82, 2.24) is 10.6 Å². The van der Waals surface area contributed by atoms with E-state index in [0.29, 0.717) is 0 Å². The summed E-state index contributed by atoms with van der Waals surface area (Å²) in [5.41, 5.74) is 1.11. The molecule has 4 heteroatoms. The number of nitrogens with one attached hydrogen (secondary N) is 2. The Labute approximate surface area is 108 Å². The monoisotopic (exact) mass is 254 g/mol. The summed E-state index contributed by atoms with van der Waals surface area (Å²) in [6.45, 7) is 3.93. The number of hydrogen-bond acceptors (Lipinski definition) is 2. The quantitative estimate of drug-likeness (QED) is 0.848. The standard InChI is InChI=1S/C13H19ClN2O/c1-4-12(16-9(2)13(17)15-3)10-6-5-7-11(14)8-10/h5-9,12,16H,4H2,1-3H3,(H,15,17). The van der Waals surface area contributed by atoms with Crippen molar-refractivity contribution in [3.05, 3.63) is 34.9 Å². The maximum absolute atomic E-state index is 11.5. The summed E-state index contributed by atoms with van der Waals surface area (Å²) in [6.07, 6.45) is 0.904. The van der Waals surface area contributed by atoms with E-state index in [9.17, 15) is 4.79 Å². The molecule has 1 amide bonds. The van der Waals surface area contributed by atoms with Crippen LogP contribution in [0, 0.1) is 0 Å². The first-order valence-electron chi connectivity index (χ1n) is 5.81. The molecule has 0 aliphatic carbocycles. The second kappa shape index (κ2) is 6.62. The molecule has 0 radical (unpaired) electrons. The highest BCUT2D eigenvalue weighted by Gasteiger charge is 2.16. The molecule has 2 N–H and O–H groups in total. The summed E-state index contributed by atoms with van der Waals surface area (Å²) in [5, 5.41) is 6.64. The molecule has 0 aliphatic heterocycles. The number of hydrogen-bond donors (Lipinski definition) is 2. The van der Waals surface area contributed by atoms with E-state index in [2.05, 4.69) is 17.6 Å². The van der Waals surface area contributed by atoms with Gasteiger partial charge in [0.1, 0.15) is 0 Å². The van der Waals surface area contributed by atoms with Crippen molar-refractivity contribution in [3.63, 3.8) is 0 Å². The van der Waals surface area contributed by atoms with E-state index < -0.39 is 0 Å². The molecular formula is C13H19ClN2O. The van der Waals surface area contributed by atoms with E-state index in [4.69, 9.17) is 11.6 Å². The molecule has 1 aromatic rings. The average molecular weight is 255 g/mol. The fourth-order valence-corrected chi connectivity index (χ4v) is 1.97. The Hall–Kier alpha value is -1.06. The number of carbonyl (C=O) groups excluding carboxylic acids is 1. The molecule has 0 saturated carbocycles. The van der Waals surface area contributed by atoms with Crippen LogP contribution in [-0.4, -0.2) is 19.0 Å². The Kier molecular flexibility index (Phi) is 5.45. The van der Waals surface area contributed by atoms with Gasteiger partial charge in [0.15, 0.2) is 0 Å². The first-order valence-corrected chi connectivity index (χ1v) is 6.19. The van der Waals surface area contributed by atoms with Crippen molar-refractivity contribution in [2.75, 3.05) is 7.05 Å². The maximum atomic E-state index is 11.5. The van der Waals surface area contributed by atoms with Gasteiger partial charge in [0.2, 0.25) is 5.91 Å². The lowest BCUT2D eigenvalue weighted by Crippen LogP contribution is -2.42. The third kappa shape index (κ3) is 4.02. The molecule has 2 unspecified atom stereocenters. The summed E-state index contributed by atoms with van der Waals surface area (Å²) >= 11 is 5.97. The number of amides is 1. The van der Waals surface area contributed by atoms with Gasteiger partial charge in [-0.2, -0.15) is 0 Å². The predicted octanol–water partition coefficient (Wildman–Crippen LogP) is 2.52. The van der Waals surface area contributed by atoms with Gasteiger partial charge in [-0.3, -0.25) is 10.1 Å². The fourth-order valence-electron chi connectivity index (χ4n) is 1.77. The highest BCUT2D eigenvalue weighted by atomic mass is 35.5. The predicted molar refractivity (Wildman–Crippen MR) is 71.1 cm³/mol. The molecule has 0 heterocycles. The van der Waals surface area contributed by atoms with Crippen molar-refractivity contribution < 1.29 is 4.79 Å². The third-order valence-corrected chi connectivity index (χ3v) is 2.99. The van der Waals surface area contributed by atoms with E-state index in [0.717, 1.165) is 17.0 Å². The van der Waals surface area contributed by atoms with E-state index in [1.54, 1.807) is 7.05 Å². The second-order valence-electron chi connectivity index (χ2n) is 4.02. The summed E-state index contributed by atoms with van der Waals surface area (Å²) in [4.78, 5) is 11.5. The van der Waals surface area contributed by atoms with Crippen LogP contribution < -0.4 is 10.6 Å². The van der Waals surface area contributed by atoms with Gasteiger partial charge in [0.25, 0.3) is 0 Å². The van der Waals surface area contributed by atoms with Gasteiger partial charge in [0, 0.05) is 18.1 Å². The van der Waals surface area contributed by atoms with Crippen LogP contribution in [0.15, 0.2) is 24.3 Å². The van der Waals surface area contributed by atoms with Crippen LogP contribution in [0.1, 0.15) is 31.9 Å². The smallest absolute Gasteiger partial charge is 0.236 e. The van der Waals surface area contributed by atoms with Crippen LogP contribution in [0.2, 0.25) is 5.02 Å². The Morgan fingerprint density at radius 2 is 2.18 bits per heavy atom. The zero-order chi connectivity index (χ0) is 12.8. The van der Waals surface area contributed by atoms with E-state index >= 15 is 0 Å². The van der Waals surface area contributed by atoms with Crippen LogP contribution in [0.4, 0.5) is 0 Å². The van der Waals surface area contributed by atoms with Crippen LogP contribution >= 0.6 is 11.6 Å². The SMILES string of the molecule is CCC(NC(C)C(=O)NC)c1cccc(Cl)c1. The second-order valence-corrected chi connectivity index (χ2v) is 4.45. The Bertz CT molecular complexity index is 381. The van der Waals surface area contributed by atoms with Gasteiger partial charge >= 0.3 is 0 Å². The van der Waals surface area contributed by atoms with Gasteiger partial charge in [-0.25, -0.2) is 0 Å². The minimum atomic E-state index is -0.219. The molecule has 0 aromatic heterocycles. The molecule has 1 aromatic carbocycles. The lowest BCUT2D eigenvalue weighted by Gasteiger charge is -2.21. The Morgan fingerprint density at radius 1 is 1.47 bits per heavy atom. The topological polar surface area (TPSA) is 41.1 Å². The zero-order valence-corrected chi connectivity index (χ0v) is 11.2. The Morgan fingerprint density at radius 3 is 2.71 bits per heavy atom. The maximum Gasteiger partial charge on any atom is 0.236 e. The van der Waals surface area contributed by atoms with Gasteiger partial charge in [-0.15, -0.1) is 0 Å². The van der Waals surface area contributed by atoms with Gasteiger partial charge < -0.3 is 5.32 Å². The zero-order valence-electron chi connectivity index (χ0n) is 10.5. The van der Waals surface area contributed by atoms with Crippen molar-refractivity contribution in [2.45, 2.75) is 32.4 Å². The van der Waals surface area contributed by atoms with Gasteiger partial charge in [0.05, 0.1) is 6.04 Å². The molecular weight excluding hydrogens is 236 g/mol. The first-order chi connectivity index (χ1) is 8.08. The number of carbonyl (C=O) groups is 1. The molecule has 0 fully saturated rings. The van der Waals surface area contributed by atoms with Crippen molar-refractivity contribution in [3.8, 4) is 0 Å². The highest BCUT2D eigenvalue weighted by molar-refractivity contribution is 6.30. The average Bonchev–Trinajstić information content (AvgIpc) is 2.34. The van der Waals surface area contributed by atoms with Crippen molar-refractivity contribution in [2.24, 2.45) is 0 Å². The number of benzene rings is 1. The van der Waals surface area contributed by atoms with Crippen molar-refractivity contribution in [1.29, 1.82) is 0 Å². The largest absolute Gasteiger partial charge is 0.358 e.